The van der Waals surface area contributed by atoms with E-state index in [-0.39, 0.29) is 17.6 Å². The molecule has 2 fully saturated rings. The minimum absolute atomic E-state index is 0.0202. The van der Waals surface area contributed by atoms with Crippen LogP contribution in [-0.4, -0.2) is 63.1 Å². The molecule has 2 saturated heterocycles. The predicted octanol–water partition coefficient (Wildman–Crippen LogP) is 0.542. The van der Waals surface area contributed by atoms with E-state index >= 15 is 0 Å². The lowest BCUT2D eigenvalue weighted by Gasteiger charge is -2.44. The van der Waals surface area contributed by atoms with Crippen molar-refractivity contribution < 1.29 is 14.0 Å². The fourth-order valence-electron chi connectivity index (χ4n) is 3.55. The van der Waals surface area contributed by atoms with Gasteiger partial charge in [-0.2, -0.15) is 5.10 Å². The molecule has 0 bridgehead atoms. The Bertz CT molecular complexity index is 852. The molecule has 0 saturated carbocycles. The third kappa shape index (κ3) is 3.08. The molecule has 1 aromatic heterocycles. The third-order valence-corrected chi connectivity index (χ3v) is 4.89. The summed E-state index contributed by atoms with van der Waals surface area (Å²) in [6.45, 7) is 4.07. The molecule has 0 spiro atoms. The van der Waals surface area contributed by atoms with Crippen LogP contribution in [-0.2, 0) is 16.1 Å². The van der Waals surface area contributed by atoms with E-state index in [4.69, 9.17) is 0 Å². The molecule has 2 aliphatic heterocycles. The number of hydrogen-bond donors (Lipinski definition) is 1. The van der Waals surface area contributed by atoms with Crippen LogP contribution < -0.4 is 5.32 Å². The highest BCUT2D eigenvalue weighted by atomic mass is 19.1. The number of nitrogens with one attached hydrogen (secondary N) is 1. The largest absolute Gasteiger partial charge is 0.343 e. The molecule has 8 heteroatoms. The highest BCUT2D eigenvalue weighted by Crippen LogP contribution is 2.18. The molecular weight excluding hydrogens is 337 g/mol. The molecule has 0 aliphatic carbocycles. The summed E-state index contributed by atoms with van der Waals surface area (Å²) < 4.78 is 15.0. The van der Waals surface area contributed by atoms with Gasteiger partial charge in [-0.15, -0.1) is 0 Å². The van der Waals surface area contributed by atoms with Crippen LogP contribution in [0.1, 0.15) is 12.5 Å². The number of rotatable bonds is 3. The highest BCUT2D eigenvalue weighted by Gasteiger charge is 2.41. The fourth-order valence-corrected chi connectivity index (χ4v) is 3.55. The number of halogens is 1. The quantitative estimate of drug-likeness (QED) is 0.871. The first-order valence-electron chi connectivity index (χ1n) is 8.64. The average Bonchev–Trinajstić information content (AvgIpc) is 3.08. The second-order valence-electron chi connectivity index (χ2n) is 6.79. The smallest absolute Gasteiger partial charge is 0.245 e. The van der Waals surface area contributed by atoms with E-state index in [0.29, 0.717) is 31.9 Å². The van der Waals surface area contributed by atoms with Crippen LogP contribution in [0.2, 0.25) is 0 Å². The molecule has 136 valence electrons. The first-order chi connectivity index (χ1) is 12.5. The second-order valence-corrected chi connectivity index (χ2v) is 6.79. The van der Waals surface area contributed by atoms with E-state index in [1.165, 1.54) is 12.1 Å². The Morgan fingerprint density at radius 2 is 2.15 bits per heavy atom. The van der Waals surface area contributed by atoms with E-state index in [2.05, 4.69) is 15.3 Å². The van der Waals surface area contributed by atoms with Gasteiger partial charge in [0.15, 0.2) is 0 Å². The maximum atomic E-state index is 13.4. The summed E-state index contributed by atoms with van der Waals surface area (Å²) in [5, 5.41) is 7.03. The van der Waals surface area contributed by atoms with Gasteiger partial charge < -0.3 is 10.2 Å². The number of carbonyl (C=O) groups excluding carboxylic acids is 2. The van der Waals surface area contributed by atoms with Gasteiger partial charge in [-0.25, -0.2) is 9.07 Å². The van der Waals surface area contributed by atoms with E-state index in [0.717, 1.165) is 5.56 Å². The van der Waals surface area contributed by atoms with Crippen LogP contribution in [0.4, 0.5) is 4.39 Å². The zero-order valence-electron chi connectivity index (χ0n) is 14.4. The Morgan fingerprint density at radius 3 is 2.96 bits per heavy atom. The Labute approximate surface area is 150 Å². The lowest BCUT2D eigenvalue weighted by Crippen LogP contribution is -2.68. The Hall–Kier alpha value is -2.74. The van der Waals surface area contributed by atoms with Gasteiger partial charge in [0.2, 0.25) is 11.8 Å². The zero-order valence-corrected chi connectivity index (χ0v) is 14.4. The first kappa shape index (κ1) is 16.7. The lowest BCUT2D eigenvalue weighted by atomic mass is 10.0. The highest BCUT2D eigenvalue weighted by molar-refractivity contribution is 5.97. The van der Waals surface area contributed by atoms with Crippen LogP contribution in [0, 0.1) is 5.82 Å². The molecule has 0 radical (unpaired) electrons. The third-order valence-electron chi connectivity index (χ3n) is 4.89. The van der Waals surface area contributed by atoms with Crippen molar-refractivity contribution in [3.63, 3.8) is 0 Å². The van der Waals surface area contributed by atoms with Crippen molar-refractivity contribution in [2.75, 3.05) is 19.6 Å². The lowest BCUT2D eigenvalue weighted by molar-refractivity contribution is -0.152. The summed E-state index contributed by atoms with van der Waals surface area (Å²) in [5.41, 5.74) is 1.63. The van der Waals surface area contributed by atoms with E-state index in [9.17, 15) is 14.0 Å². The molecule has 2 aliphatic rings. The van der Waals surface area contributed by atoms with Crippen LogP contribution in [0.25, 0.3) is 5.69 Å². The molecule has 0 unspecified atom stereocenters. The standard InChI is InChI=1S/C18H20FN5O2/c1-12-18(26)23-6-5-22(11-16(23)17(25)21-12)9-13-8-20-24(10-13)15-4-2-3-14(19)7-15/h2-4,7-8,10,12,16H,5-6,9,11H2,1H3,(H,21,25)/t12-,16+/m0/s1. The summed E-state index contributed by atoms with van der Waals surface area (Å²) in [6, 6.07) is 5.36. The minimum atomic E-state index is -0.449. The molecule has 3 heterocycles. The van der Waals surface area contributed by atoms with Crippen molar-refractivity contribution in [1.82, 2.24) is 24.9 Å². The van der Waals surface area contributed by atoms with E-state index in [1.807, 2.05) is 6.20 Å². The first-order valence-corrected chi connectivity index (χ1v) is 8.64. The van der Waals surface area contributed by atoms with Crippen molar-refractivity contribution in [3.8, 4) is 5.69 Å². The van der Waals surface area contributed by atoms with Crippen LogP contribution in [0.5, 0.6) is 0 Å². The van der Waals surface area contributed by atoms with Crippen molar-refractivity contribution >= 4 is 11.8 Å². The van der Waals surface area contributed by atoms with Crippen LogP contribution in [0.3, 0.4) is 0 Å². The molecule has 1 N–H and O–H groups in total. The molecule has 2 atom stereocenters. The number of nitrogens with zero attached hydrogens (tertiary/aromatic N) is 4. The van der Waals surface area contributed by atoms with Gasteiger partial charge in [-0.05, 0) is 25.1 Å². The van der Waals surface area contributed by atoms with Crippen molar-refractivity contribution in [1.29, 1.82) is 0 Å². The summed E-state index contributed by atoms with van der Waals surface area (Å²) in [6.07, 6.45) is 3.60. The summed E-state index contributed by atoms with van der Waals surface area (Å²) in [4.78, 5) is 28.2. The van der Waals surface area contributed by atoms with Gasteiger partial charge in [0.25, 0.3) is 0 Å². The summed E-state index contributed by atoms with van der Waals surface area (Å²) >= 11 is 0. The number of amides is 2. The topological polar surface area (TPSA) is 70.5 Å². The van der Waals surface area contributed by atoms with Crippen molar-refractivity contribution in [2.24, 2.45) is 0 Å². The molecule has 26 heavy (non-hydrogen) atoms. The van der Waals surface area contributed by atoms with Crippen molar-refractivity contribution in [2.45, 2.75) is 25.6 Å². The van der Waals surface area contributed by atoms with Gasteiger partial charge >= 0.3 is 0 Å². The van der Waals surface area contributed by atoms with Crippen LogP contribution >= 0.6 is 0 Å². The number of hydrogen-bond acceptors (Lipinski definition) is 4. The maximum Gasteiger partial charge on any atom is 0.245 e. The second kappa shape index (κ2) is 6.53. The van der Waals surface area contributed by atoms with E-state index in [1.54, 1.807) is 34.8 Å². The Kier molecular flexibility index (Phi) is 4.20. The SMILES string of the molecule is C[C@@H]1NC(=O)[C@H]2CN(Cc3cnn(-c4cccc(F)c4)c3)CCN2C1=O. The Morgan fingerprint density at radius 1 is 1.31 bits per heavy atom. The molecule has 1 aromatic carbocycles. The normalized spacial score (nSPS) is 23.7. The van der Waals surface area contributed by atoms with E-state index < -0.39 is 12.1 Å². The minimum Gasteiger partial charge on any atom is -0.343 e. The number of carbonyl (C=O) groups is 2. The fraction of sp³-hybridized carbons (Fsp3) is 0.389. The number of fused-ring (bicyclic) bond motifs is 1. The number of benzene rings is 1. The van der Waals surface area contributed by atoms with Crippen molar-refractivity contribution in [3.05, 3.63) is 48.0 Å². The van der Waals surface area contributed by atoms with Crippen LogP contribution in [0.15, 0.2) is 36.7 Å². The van der Waals surface area contributed by atoms with Gasteiger partial charge in [0, 0.05) is 37.9 Å². The molecule has 2 amide bonds. The zero-order chi connectivity index (χ0) is 18.3. The molecule has 2 aromatic rings. The van der Waals surface area contributed by atoms with Gasteiger partial charge in [-0.1, -0.05) is 6.07 Å². The summed E-state index contributed by atoms with van der Waals surface area (Å²) in [5.74, 6) is -0.427. The van der Waals surface area contributed by atoms with Gasteiger partial charge in [0.1, 0.15) is 17.9 Å². The van der Waals surface area contributed by atoms with Gasteiger partial charge in [-0.3, -0.25) is 14.5 Å². The molecule has 7 nitrogen and oxygen atoms in total. The number of aromatic nitrogens is 2. The molecular formula is C18H20FN5O2. The van der Waals surface area contributed by atoms with Gasteiger partial charge in [0.05, 0.1) is 11.9 Å². The summed E-state index contributed by atoms with van der Waals surface area (Å²) in [7, 11) is 0. The maximum absolute atomic E-state index is 13.4. The average molecular weight is 357 g/mol. The number of piperazine rings is 2. The molecule has 4 rings (SSSR count). The predicted molar refractivity (Wildman–Crippen MR) is 91.9 cm³/mol. The monoisotopic (exact) mass is 357 g/mol. The Balaban J connectivity index is 1.44.